The van der Waals surface area contributed by atoms with E-state index in [2.05, 4.69) is 20.8 Å². The predicted octanol–water partition coefficient (Wildman–Crippen LogP) is -0.275. The minimum atomic E-state index is -1.82. The lowest BCUT2D eigenvalue weighted by molar-refractivity contribution is -0.354. The van der Waals surface area contributed by atoms with Crippen LogP contribution in [0.3, 0.4) is 0 Å². The minimum Gasteiger partial charge on any atom is -0.550 e. The molecular weight excluding hydrogens is 520 g/mol. The third kappa shape index (κ3) is 5.00. The highest BCUT2D eigenvalue weighted by atomic mass is 16.7. The van der Waals surface area contributed by atoms with Crippen molar-refractivity contribution in [1.29, 1.82) is 0 Å². The van der Waals surface area contributed by atoms with E-state index < -0.39 is 48.7 Å². The van der Waals surface area contributed by atoms with Crippen molar-refractivity contribution < 1.29 is 49.7 Å². The van der Waals surface area contributed by atoms with Gasteiger partial charge in [0, 0.05) is 5.97 Å². The Kier molecular flexibility index (Phi) is 8.36. The molecule has 10 heteroatoms. The van der Waals surface area contributed by atoms with Gasteiger partial charge in [-0.2, -0.15) is 0 Å². The zero-order chi connectivity index (χ0) is 29.1. The van der Waals surface area contributed by atoms with Crippen molar-refractivity contribution in [2.45, 2.75) is 128 Å². The van der Waals surface area contributed by atoms with Crippen molar-refractivity contribution in [3.05, 3.63) is 0 Å². The van der Waals surface area contributed by atoms with Gasteiger partial charge in [-0.3, -0.25) is 0 Å². The van der Waals surface area contributed by atoms with Gasteiger partial charge in [0.05, 0.1) is 18.2 Å². The molecule has 5 aliphatic rings. The fourth-order valence-corrected chi connectivity index (χ4v) is 10.2. The lowest BCUT2D eigenvalue weighted by Gasteiger charge is -2.62. The summed E-state index contributed by atoms with van der Waals surface area (Å²) in [6.45, 7) is 6.88. The highest BCUT2D eigenvalue weighted by Crippen LogP contribution is 2.68. The highest BCUT2D eigenvalue weighted by Gasteiger charge is 2.63. The summed E-state index contributed by atoms with van der Waals surface area (Å²) in [4.78, 5) is 22.5. The van der Waals surface area contributed by atoms with Gasteiger partial charge in [-0.05, 0) is 111 Å². The van der Waals surface area contributed by atoms with Crippen LogP contribution in [0.15, 0.2) is 0 Å². The molecular formula is C30H46O10-2. The van der Waals surface area contributed by atoms with Crippen molar-refractivity contribution in [2.24, 2.45) is 46.3 Å². The van der Waals surface area contributed by atoms with Crippen molar-refractivity contribution in [1.82, 2.24) is 0 Å². The van der Waals surface area contributed by atoms with Gasteiger partial charge in [-0.1, -0.05) is 20.8 Å². The van der Waals surface area contributed by atoms with Gasteiger partial charge < -0.3 is 49.7 Å². The van der Waals surface area contributed by atoms with E-state index in [0.29, 0.717) is 49.4 Å². The number of carbonyl (C=O) groups excluding carboxylic acids is 2. The molecule has 0 spiro atoms. The first-order valence-electron chi connectivity index (χ1n) is 15.2. The fourth-order valence-electron chi connectivity index (χ4n) is 10.2. The first kappa shape index (κ1) is 30.2. The summed E-state index contributed by atoms with van der Waals surface area (Å²) in [5.41, 5.74) is 0.103. The molecule has 0 unspecified atom stereocenters. The number of aliphatic hydroxyl groups excluding tert-OH is 4. The Labute approximate surface area is 236 Å². The molecule has 4 saturated carbocycles. The van der Waals surface area contributed by atoms with E-state index in [1.54, 1.807) is 0 Å². The number of carbonyl (C=O) groups is 2. The molecule has 0 bridgehead atoms. The monoisotopic (exact) mass is 566 g/mol. The largest absolute Gasteiger partial charge is 0.550 e. The topological polar surface area (TPSA) is 180 Å². The third-order valence-electron chi connectivity index (χ3n) is 12.3. The molecule has 1 aliphatic heterocycles. The predicted molar refractivity (Wildman–Crippen MR) is 137 cm³/mol. The van der Waals surface area contributed by atoms with Gasteiger partial charge in [0.2, 0.25) is 0 Å². The minimum absolute atomic E-state index is 0.0129. The quantitative estimate of drug-likeness (QED) is 0.300. The first-order chi connectivity index (χ1) is 18.8. The fraction of sp³-hybridized carbons (Fsp3) is 0.933. The Bertz CT molecular complexity index is 959. The van der Waals surface area contributed by atoms with Crippen LogP contribution in [-0.2, 0) is 19.1 Å². The van der Waals surface area contributed by atoms with Crippen LogP contribution in [0, 0.1) is 46.3 Å². The van der Waals surface area contributed by atoms with E-state index >= 15 is 0 Å². The van der Waals surface area contributed by atoms with E-state index in [1.807, 2.05) is 0 Å². The molecule has 10 nitrogen and oxygen atoms in total. The maximum atomic E-state index is 11.6. The van der Waals surface area contributed by atoms with E-state index in [0.717, 1.165) is 32.1 Å². The summed E-state index contributed by atoms with van der Waals surface area (Å²) < 4.78 is 11.3. The molecule has 4 aliphatic carbocycles. The number of hydrogen-bond donors (Lipinski definition) is 4. The lowest BCUT2D eigenvalue weighted by atomic mass is 9.43. The van der Waals surface area contributed by atoms with Crippen LogP contribution in [0.25, 0.3) is 0 Å². The van der Waals surface area contributed by atoms with Crippen LogP contribution in [0.5, 0.6) is 0 Å². The number of aliphatic carboxylic acids is 2. The number of hydrogen-bond acceptors (Lipinski definition) is 10. The summed E-state index contributed by atoms with van der Waals surface area (Å²) >= 11 is 0. The molecule has 40 heavy (non-hydrogen) atoms. The van der Waals surface area contributed by atoms with Gasteiger partial charge in [-0.15, -0.1) is 0 Å². The number of carboxylic acids is 2. The van der Waals surface area contributed by atoms with E-state index in [4.69, 9.17) is 9.47 Å². The van der Waals surface area contributed by atoms with E-state index in [-0.39, 0.29) is 35.2 Å². The molecule has 1 saturated heterocycles. The van der Waals surface area contributed by atoms with Gasteiger partial charge in [-0.25, -0.2) is 0 Å². The Morgan fingerprint density at radius 2 is 1.60 bits per heavy atom. The van der Waals surface area contributed by atoms with Gasteiger partial charge in [0.15, 0.2) is 6.29 Å². The summed E-state index contributed by atoms with van der Waals surface area (Å²) in [6, 6.07) is 0. The van der Waals surface area contributed by atoms with Gasteiger partial charge >= 0.3 is 0 Å². The van der Waals surface area contributed by atoms with E-state index in [1.165, 1.54) is 0 Å². The maximum Gasteiger partial charge on any atom is 0.187 e. The highest BCUT2D eigenvalue weighted by molar-refractivity contribution is 5.71. The molecule has 4 N–H and O–H groups in total. The van der Waals surface area contributed by atoms with Crippen molar-refractivity contribution >= 4 is 11.9 Å². The second-order valence-corrected chi connectivity index (χ2v) is 14.2. The zero-order valence-electron chi connectivity index (χ0n) is 23.8. The molecule has 228 valence electrons. The second-order valence-electron chi connectivity index (χ2n) is 14.2. The van der Waals surface area contributed by atoms with Crippen LogP contribution in [0.1, 0.15) is 85.0 Å². The van der Waals surface area contributed by atoms with Crippen molar-refractivity contribution in [3.8, 4) is 0 Å². The number of aliphatic hydroxyl groups is 4. The normalized spacial score (nSPS) is 51.3. The Balaban J connectivity index is 1.27. The summed E-state index contributed by atoms with van der Waals surface area (Å²) in [6.07, 6.45) is -1.38. The van der Waals surface area contributed by atoms with Crippen LogP contribution in [0.4, 0.5) is 0 Å². The second kappa shape index (κ2) is 11.1. The molecule has 0 amide bonds. The number of fused-ring (bicyclic) bond motifs is 5. The van der Waals surface area contributed by atoms with E-state index in [9.17, 15) is 40.2 Å². The summed E-state index contributed by atoms with van der Waals surface area (Å²) in [5, 5.41) is 64.6. The Morgan fingerprint density at radius 1 is 0.925 bits per heavy atom. The summed E-state index contributed by atoms with van der Waals surface area (Å²) in [7, 11) is 0. The van der Waals surface area contributed by atoms with Crippen LogP contribution in [0.2, 0.25) is 0 Å². The molecule has 15 atom stereocenters. The molecule has 0 radical (unpaired) electrons. The van der Waals surface area contributed by atoms with Crippen molar-refractivity contribution in [2.75, 3.05) is 0 Å². The molecule has 0 aromatic rings. The number of ether oxygens (including phenoxy) is 2. The SMILES string of the molecule is C[C@H](CCC(=O)[O-])[C@H]1CC[C@H]2[C@@H]3[C@H](O)C[C@@H]4C[C@H](O[C@@H]5O[C@H](C(=O)[O-])[C@@H](O)[C@H](O)[C@H]5O)CC[C@]4(C)[C@H]3CC[C@]12C. The smallest absolute Gasteiger partial charge is 0.187 e. The molecule has 0 aromatic carbocycles. The maximum absolute atomic E-state index is 11.6. The molecule has 1 heterocycles. The Hall–Kier alpha value is -1.30. The third-order valence-corrected chi connectivity index (χ3v) is 12.3. The van der Waals surface area contributed by atoms with Gasteiger partial charge in [0.25, 0.3) is 0 Å². The van der Waals surface area contributed by atoms with Crippen LogP contribution in [-0.4, -0.2) is 75.3 Å². The standard InChI is InChI=1S/C30H48O10/c1-14(4-7-21(32)33)17-5-6-18-22-19(9-11-30(17,18)3)29(2)10-8-16(12-15(29)13-20(22)31)39-28-25(36)23(34)24(35)26(40-28)27(37)38/h14-20,22-26,28,31,34-36H,4-13H2,1-3H3,(H,32,33)(H,37,38)/p-2/t14-,15+,16-,17-,18+,19+,20-,22+,23+,24+,25-,26+,28-,29+,30-/m1/s1. The average molecular weight is 567 g/mol. The van der Waals surface area contributed by atoms with Gasteiger partial charge in [0.1, 0.15) is 24.4 Å². The van der Waals surface area contributed by atoms with Crippen molar-refractivity contribution in [3.63, 3.8) is 0 Å². The first-order valence-corrected chi connectivity index (χ1v) is 15.2. The summed E-state index contributed by atoms with van der Waals surface area (Å²) in [5.74, 6) is -0.768. The molecule has 0 aromatic heterocycles. The Morgan fingerprint density at radius 3 is 2.27 bits per heavy atom. The lowest BCUT2D eigenvalue weighted by Crippen LogP contribution is -2.63. The van der Waals surface area contributed by atoms with Crippen LogP contribution < -0.4 is 10.2 Å². The number of carboxylic acid groups (broad SMARTS) is 2. The van der Waals surface area contributed by atoms with Crippen LogP contribution >= 0.6 is 0 Å². The molecule has 5 fully saturated rings. The molecule has 5 rings (SSSR count). The average Bonchev–Trinajstić information content (AvgIpc) is 3.25. The zero-order valence-corrected chi connectivity index (χ0v) is 23.8. The number of rotatable bonds is 7.